The Hall–Kier alpha value is -4.02. The minimum atomic E-state index is -0.571. The van der Waals surface area contributed by atoms with Crippen molar-refractivity contribution in [2.24, 2.45) is 0 Å². The summed E-state index contributed by atoms with van der Waals surface area (Å²) in [5.74, 6) is 0.472. The first-order valence-electron chi connectivity index (χ1n) is 12.7. The van der Waals surface area contributed by atoms with Crippen LogP contribution in [0, 0.1) is 11.3 Å². The number of nitriles is 1. The monoisotopic (exact) mass is 497 g/mol. The van der Waals surface area contributed by atoms with Gasteiger partial charge in [0.25, 0.3) is 0 Å². The van der Waals surface area contributed by atoms with E-state index in [1.165, 1.54) is 0 Å². The van der Waals surface area contributed by atoms with Gasteiger partial charge in [-0.15, -0.1) is 0 Å². The summed E-state index contributed by atoms with van der Waals surface area (Å²) in [5.41, 5.74) is 3.41. The van der Waals surface area contributed by atoms with Crippen LogP contribution < -0.4 is 15.5 Å². The fourth-order valence-corrected chi connectivity index (χ4v) is 4.14. The number of Topliss-reactive ketones (excluding diaryl/α,β-unsaturated/α-hetero) is 1. The predicted molar refractivity (Wildman–Crippen MR) is 147 cm³/mol. The van der Waals surface area contributed by atoms with E-state index in [0.717, 1.165) is 29.8 Å². The number of ketones is 1. The van der Waals surface area contributed by atoms with Crippen LogP contribution in [-0.4, -0.2) is 35.8 Å². The first-order chi connectivity index (χ1) is 17.8. The van der Waals surface area contributed by atoms with Gasteiger partial charge >= 0.3 is 0 Å². The maximum absolute atomic E-state index is 13.4. The molecule has 0 bridgehead atoms. The summed E-state index contributed by atoms with van der Waals surface area (Å²) in [7, 11) is 0. The van der Waals surface area contributed by atoms with Crippen molar-refractivity contribution in [2.75, 3.05) is 23.3 Å². The Kier molecular flexibility index (Phi) is 9.93. The highest BCUT2D eigenvalue weighted by Crippen LogP contribution is 2.22. The molecule has 0 fully saturated rings. The minimum Gasteiger partial charge on any atom is -0.361 e. The summed E-state index contributed by atoms with van der Waals surface area (Å²) in [4.78, 5) is 31.8. The van der Waals surface area contributed by atoms with Gasteiger partial charge in [-0.1, -0.05) is 56.3 Å². The van der Waals surface area contributed by atoms with Crippen molar-refractivity contribution >= 4 is 23.2 Å². The van der Waals surface area contributed by atoms with Crippen molar-refractivity contribution in [1.29, 1.82) is 5.26 Å². The average molecular weight is 498 g/mol. The lowest BCUT2D eigenvalue weighted by Gasteiger charge is -2.29. The van der Waals surface area contributed by atoms with Crippen LogP contribution >= 0.6 is 0 Å². The SMILES string of the molecule is CCCN(c1ccc(NC(=O)C(NCC(C)c2ccc(C#N)cc2)c2ccccc2)nc1)C(C)C(C)=O. The molecule has 0 saturated heterocycles. The number of benzene rings is 2. The van der Waals surface area contributed by atoms with Crippen LogP contribution in [0.15, 0.2) is 72.9 Å². The number of carbonyl (C=O) groups is 2. The molecule has 192 valence electrons. The van der Waals surface area contributed by atoms with Gasteiger partial charge in [0.1, 0.15) is 11.9 Å². The molecule has 37 heavy (non-hydrogen) atoms. The van der Waals surface area contributed by atoms with E-state index in [9.17, 15) is 9.59 Å². The third-order valence-corrected chi connectivity index (χ3v) is 6.48. The van der Waals surface area contributed by atoms with Crippen molar-refractivity contribution in [3.05, 3.63) is 89.6 Å². The average Bonchev–Trinajstić information content (AvgIpc) is 2.92. The fraction of sp³-hybridized carbons (Fsp3) is 0.333. The second-order valence-corrected chi connectivity index (χ2v) is 9.26. The number of carbonyl (C=O) groups excluding carboxylic acids is 2. The molecular formula is C30H35N5O2. The summed E-state index contributed by atoms with van der Waals surface area (Å²) in [6, 6.07) is 22.1. The second kappa shape index (κ2) is 13.3. The molecule has 0 saturated carbocycles. The number of hydrogen-bond acceptors (Lipinski definition) is 6. The first kappa shape index (κ1) is 27.6. The lowest BCUT2D eigenvalue weighted by Crippen LogP contribution is -2.38. The van der Waals surface area contributed by atoms with Gasteiger partial charge in [0.05, 0.1) is 29.6 Å². The fourth-order valence-electron chi connectivity index (χ4n) is 4.14. The van der Waals surface area contributed by atoms with E-state index in [1.54, 1.807) is 31.3 Å². The number of anilines is 2. The minimum absolute atomic E-state index is 0.0952. The number of aromatic nitrogens is 1. The molecule has 0 aliphatic carbocycles. The van der Waals surface area contributed by atoms with E-state index in [4.69, 9.17) is 5.26 Å². The summed E-state index contributed by atoms with van der Waals surface area (Å²) in [5, 5.41) is 15.4. The lowest BCUT2D eigenvalue weighted by molar-refractivity contribution is -0.119. The number of amides is 1. The second-order valence-electron chi connectivity index (χ2n) is 9.26. The Morgan fingerprint density at radius 2 is 1.70 bits per heavy atom. The summed E-state index contributed by atoms with van der Waals surface area (Å²) >= 11 is 0. The van der Waals surface area contributed by atoms with Gasteiger partial charge in [0.2, 0.25) is 5.91 Å². The maximum Gasteiger partial charge on any atom is 0.247 e. The third kappa shape index (κ3) is 7.48. The quantitative estimate of drug-likeness (QED) is 0.356. The smallest absolute Gasteiger partial charge is 0.247 e. The van der Waals surface area contributed by atoms with Crippen molar-refractivity contribution in [3.63, 3.8) is 0 Å². The van der Waals surface area contributed by atoms with Crippen LogP contribution in [0.3, 0.4) is 0 Å². The van der Waals surface area contributed by atoms with Crippen molar-refractivity contribution in [2.45, 2.75) is 52.1 Å². The van der Waals surface area contributed by atoms with E-state index in [2.05, 4.69) is 35.5 Å². The van der Waals surface area contributed by atoms with E-state index < -0.39 is 6.04 Å². The standard InChI is InChI=1S/C30H35N5O2/c1-5-17-35(22(3)23(4)36)27-15-16-28(32-20-27)34-30(37)29(26-9-7-6-8-10-26)33-19-21(2)25-13-11-24(18-31)12-14-25/h6-16,20-22,29,33H,5,17,19H2,1-4H3,(H,32,34,37). The van der Waals surface area contributed by atoms with Crippen LogP contribution in [0.1, 0.15) is 62.8 Å². The predicted octanol–water partition coefficient (Wildman–Crippen LogP) is 5.22. The number of pyridine rings is 1. The van der Waals surface area contributed by atoms with Gasteiger partial charge < -0.3 is 15.5 Å². The van der Waals surface area contributed by atoms with Crippen molar-refractivity contribution in [1.82, 2.24) is 10.3 Å². The van der Waals surface area contributed by atoms with Gasteiger partial charge in [0, 0.05) is 13.1 Å². The molecule has 0 aliphatic rings. The zero-order chi connectivity index (χ0) is 26.8. The number of nitrogens with zero attached hydrogens (tertiary/aromatic N) is 3. The largest absolute Gasteiger partial charge is 0.361 e. The van der Waals surface area contributed by atoms with Crippen LogP contribution in [0.4, 0.5) is 11.5 Å². The van der Waals surface area contributed by atoms with Gasteiger partial charge in [0.15, 0.2) is 5.78 Å². The molecule has 7 heteroatoms. The Labute approximate surface area is 219 Å². The van der Waals surface area contributed by atoms with E-state index in [1.807, 2.05) is 60.4 Å². The highest BCUT2D eigenvalue weighted by Gasteiger charge is 2.22. The Morgan fingerprint density at radius 1 is 1.00 bits per heavy atom. The lowest BCUT2D eigenvalue weighted by atomic mass is 9.98. The molecule has 1 heterocycles. The molecule has 3 aromatic rings. The van der Waals surface area contributed by atoms with Crippen LogP contribution in [-0.2, 0) is 9.59 Å². The maximum atomic E-state index is 13.4. The zero-order valence-electron chi connectivity index (χ0n) is 21.9. The van der Waals surface area contributed by atoms with E-state index >= 15 is 0 Å². The van der Waals surface area contributed by atoms with Gasteiger partial charge in [-0.25, -0.2) is 4.98 Å². The van der Waals surface area contributed by atoms with Crippen LogP contribution in [0.5, 0.6) is 0 Å². The molecule has 2 aromatic carbocycles. The highest BCUT2D eigenvalue weighted by atomic mass is 16.2. The van der Waals surface area contributed by atoms with E-state index in [0.29, 0.717) is 17.9 Å². The molecule has 1 amide bonds. The van der Waals surface area contributed by atoms with Gasteiger partial charge in [-0.05, 0) is 61.6 Å². The molecular weight excluding hydrogens is 462 g/mol. The summed E-state index contributed by atoms with van der Waals surface area (Å²) in [6.45, 7) is 8.95. The topological polar surface area (TPSA) is 98.1 Å². The molecule has 0 aliphatic heterocycles. The first-order valence-corrected chi connectivity index (χ1v) is 12.7. The molecule has 2 N–H and O–H groups in total. The third-order valence-electron chi connectivity index (χ3n) is 6.48. The van der Waals surface area contributed by atoms with E-state index in [-0.39, 0.29) is 23.7 Å². The van der Waals surface area contributed by atoms with Crippen LogP contribution in [0.2, 0.25) is 0 Å². The Balaban J connectivity index is 1.73. The normalized spacial score (nSPS) is 13.2. The molecule has 1 aromatic heterocycles. The van der Waals surface area contributed by atoms with Gasteiger partial charge in [-0.2, -0.15) is 5.26 Å². The van der Waals surface area contributed by atoms with Crippen molar-refractivity contribution in [3.8, 4) is 6.07 Å². The molecule has 3 unspecified atom stereocenters. The molecule has 7 nitrogen and oxygen atoms in total. The number of hydrogen-bond donors (Lipinski definition) is 2. The molecule has 0 spiro atoms. The molecule has 0 radical (unpaired) electrons. The van der Waals surface area contributed by atoms with Gasteiger partial charge in [-0.3, -0.25) is 9.59 Å². The Morgan fingerprint density at radius 3 is 2.27 bits per heavy atom. The molecule has 3 atom stereocenters. The van der Waals surface area contributed by atoms with Crippen molar-refractivity contribution < 1.29 is 9.59 Å². The zero-order valence-corrected chi connectivity index (χ0v) is 21.9. The number of rotatable bonds is 12. The summed E-state index contributed by atoms with van der Waals surface area (Å²) < 4.78 is 0. The Bertz CT molecular complexity index is 1200. The highest BCUT2D eigenvalue weighted by molar-refractivity contribution is 5.95. The number of nitrogens with one attached hydrogen (secondary N) is 2. The molecule has 3 rings (SSSR count). The summed E-state index contributed by atoms with van der Waals surface area (Å²) in [6.07, 6.45) is 2.60. The van der Waals surface area contributed by atoms with Crippen LogP contribution in [0.25, 0.3) is 0 Å².